The first-order chi connectivity index (χ1) is 18.3. The molecule has 6 N–H and O–H groups in total. The molecule has 2 saturated carbocycles. The number of carbonyl (C=O) groups excluding carboxylic acids is 2. The predicted molar refractivity (Wildman–Crippen MR) is 135 cm³/mol. The van der Waals surface area contributed by atoms with E-state index < -0.39 is 84.8 Å². The van der Waals surface area contributed by atoms with Gasteiger partial charge in [0.1, 0.15) is 30.5 Å². The average Bonchev–Trinajstić information content (AvgIpc) is 2.91. The van der Waals surface area contributed by atoms with Gasteiger partial charge in [0.15, 0.2) is 12.4 Å². The molecule has 3 unspecified atom stereocenters. The molecule has 12 atom stereocenters. The second-order valence-corrected chi connectivity index (χ2v) is 11.7. The Kier molecular flexibility index (Phi) is 10.5. The lowest BCUT2D eigenvalue weighted by atomic mass is 9.52. The molecule has 1 aliphatic heterocycles. The summed E-state index contributed by atoms with van der Waals surface area (Å²) in [6.45, 7) is 8.52. The van der Waals surface area contributed by atoms with E-state index in [1.54, 1.807) is 13.8 Å². The summed E-state index contributed by atoms with van der Waals surface area (Å²) in [5.74, 6) is -3.21. The molecule has 0 aromatic carbocycles. The molecule has 12 heteroatoms. The van der Waals surface area contributed by atoms with Crippen LogP contribution in [0.25, 0.3) is 0 Å². The van der Waals surface area contributed by atoms with Crippen molar-refractivity contribution in [3.05, 3.63) is 12.2 Å². The zero-order chi connectivity index (χ0) is 29.2. The van der Waals surface area contributed by atoms with Crippen LogP contribution in [0.3, 0.4) is 0 Å². The van der Waals surface area contributed by atoms with Crippen molar-refractivity contribution < 1.29 is 59.2 Å². The number of aliphatic hydroxyl groups is 6. The maximum absolute atomic E-state index is 12.7. The Bertz CT molecular complexity index is 877. The first-order valence-electron chi connectivity index (χ1n) is 13.5. The van der Waals surface area contributed by atoms with Crippen LogP contribution in [0.1, 0.15) is 46.5 Å². The molecule has 0 radical (unpaired) electrons. The minimum Gasteiger partial charge on any atom is -0.466 e. The summed E-state index contributed by atoms with van der Waals surface area (Å²) >= 11 is 0. The Balaban J connectivity index is 1.85. The number of carbonyl (C=O) groups is 2. The van der Waals surface area contributed by atoms with Crippen molar-refractivity contribution in [3.8, 4) is 0 Å². The van der Waals surface area contributed by atoms with Crippen molar-refractivity contribution in [3.63, 3.8) is 0 Å². The van der Waals surface area contributed by atoms with Gasteiger partial charge < -0.3 is 49.6 Å². The molecular formula is C27H44O12. The minimum atomic E-state index is -1.60. The molecule has 12 nitrogen and oxygen atoms in total. The van der Waals surface area contributed by atoms with Gasteiger partial charge in [-0.3, -0.25) is 0 Å². The van der Waals surface area contributed by atoms with E-state index in [1.165, 1.54) is 7.11 Å². The van der Waals surface area contributed by atoms with E-state index in [9.17, 15) is 40.2 Å². The molecular weight excluding hydrogens is 516 g/mol. The summed E-state index contributed by atoms with van der Waals surface area (Å²) < 4.78 is 21.9. The lowest BCUT2D eigenvalue weighted by Gasteiger charge is -2.56. The molecule has 0 bridgehead atoms. The zero-order valence-electron chi connectivity index (χ0n) is 23.0. The summed E-state index contributed by atoms with van der Waals surface area (Å²) in [6.07, 6.45) is -8.43. The molecule has 3 fully saturated rings. The average molecular weight is 561 g/mol. The van der Waals surface area contributed by atoms with Crippen LogP contribution in [-0.4, -0.2) is 112 Å². The van der Waals surface area contributed by atoms with Crippen molar-refractivity contribution in [2.24, 2.45) is 29.1 Å². The van der Waals surface area contributed by atoms with Crippen LogP contribution in [0.2, 0.25) is 0 Å². The van der Waals surface area contributed by atoms with E-state index in [4.69, 9.17) is 18.9 Å². The first-order valence-corrected chi connectivity index (χ1v) is 13.5. The highest BCUT2D eigenvalue weighted by atomic mass is 16.7. The number of methoxy groups -OCH3 is 1. The molecule has 3 rings (SSSR count). The number of hydrogen-bond acceptors (Lipinski definition) is 12. The Morgan fingerprint density at radius 3 is 2.31 bits per heavy atom. The van der Waals surface area contributed by atoms with Crippen molar-refractivity contribution in [2.45, 2.75) is 95.5 Å². The molecule has 0 spiro atoms. The minimum absolute atomic E-state index is 0.0350. The van der Waals surface area contributed by atoms with Gasteiger partial charge >= 0.3 is 11.9 Å². The fourth-order valence-corrected chi connectivity index (χ4v) is 6.46. The highest BCUT2D eigenvalue weighted by molar-refractivity contribution is 5.88. The van der Waals surface area contributed by atoms with Gasteiger partial charge in [-0.05, 0) is 43.4 Å². The molecule has 224 valence electrons. The number of rotatable bonds is 9. The highest BCUT2D eigenvalue weighted by Crippen LogP contribution is 2.56. The highest BCUT2D eigenvalue weighted by Gasteiger charge is 2.58. The van der Waals surface area contributed by atoms with Gasteiger partial charge in [-0.25, -0.2) is 9.59 Å². The van der Waals surface area contributed by atoms with Crippen LogP contribution < -0.4 is 0 Å². The molecule has 3 aliphatic rings. The second-order valence-electron chi connectivity index (χ2n) is 11.7. The molecule has 0 amide bonds. The summed E-state index contributed by atoms with van der Waals surface area (Å²) in [5, 5.41) is 61.9. The fourth-order valence-electron chi connectivity index (χ4n) is 6.46. The van der Waals surface area contributed by atoms with Gasteiger partial charge in [0.2, 0.25) is 0 Å². The van der Waals surface area contributed by atoms with Gasteiger partial charge in [0.05, 0.1) is 26.4 Å². The number of fused-ring (bicyclic) bond motifs is 1. The standard InChI is InChI=1S/C27H44O12/c1-12(2)19(29)25(35)39-17-7-6-14(11-37-26-23(33)22(32)21(31)16(10-28)38-26)18-20(30)15(8-9-27(17,18)4)13(3)24(34)36-5/h12,14-23,26,28-33H,3,6-11H2,1-2,4-5H3/t14?,15-,16+,17-,18+,19?,20+,21-,22+,23?,26-,27-/m1/s1. The van der Waals surface area contributed by atoms with Crippen LogP contribution >= 0.6 is 0 Å². The largest absolute Gasteiger partial charge is 0.466 e. The summed E-state index contributed by atoms with van der Waals surface area (Å²) in [7, 11) is 1.24. The fraction of sp³-hybridized carbons (Fsp3) is 0.852. The van der Waals surface area contributed by atoms with E-state index in [2.05, 4.69) is 6.58 Å². The third-order valence-electron chi connectivity index (χ3n) is 8.93. The zero-order valence-corrected chi connectivity index (χ0v) is 23.0. The topological polar surface area (TPSA) is 192 Å². The Labute approximate surface area is 228 Å². The number of aliphatic hydroxyl groups excluding tert-OH is 6. The van der Waals surface area contributed by atoms with E-state index in [0.29, 0.717) is 25.7 Å². The van der Waals surface area contributed by atoms with Crippen LogP contribution in [0.4, 0.5) is 0 Å². The lowest BCUT2D eigenvalue weighted by Crippen LogP contribution is -2.61. The molecule has 2 aliphatic carbocycles. The monoisotopic (exact) mass is 560 g/mol. The SMILES string of the molecule is C=C(C(=O)OC)[C@H]1CC[C@]2(C)[C@H](OC(=O)C(O)C(C)C)CCC(CO[C@@H]3O[C@@H](CO)[C@@H](O)[C@H](O)C3O)[C@H]2[C@H]1O. The van der Waals surface area contributed by atoms with Crippen LogP contribution in [0, 0.1) is 29.1 Å². The van der Waals surface area contributed by atoms with E-state index >= 15 is 0 Å². The van der Waals surface area contributed by atoms with Crippen molar-refractivity contribution in [2.75, 3.05) is 20.3 Å². The van der Waals surface area contributed by atoms with E-state index in [-0.39, 0.29) is 24.0 Å². The third-order valence-corrected chi connectivity index (χ3v) is 8.93. The van der Waals surface area contributed by atoms with Crippen molar-refractivity contribution in [1.82, 2.24) is 0 Å². The number of hydrogen-bond donors (Lipinski definition) is 6. The Morgan fingerprint density at radius 2 is 1.72 bits per heavy atom. The maximum Gasteiger partial charge on any atom is 0.335 e. The van der Waals surface area contributed by atoms with Gasteiger partial charge in [0.25, 0.3) is 0 Å². The second kappa shape index (κ2) is 12.9. The summed E-state index contributed by atoms with van der Waals surface area (Å²) in [4.78, 5) is 24.9. The summed E-state index contributed by atoms with van der Waals surface area (Å²) in [5.41, 5.74) is -0.615. The van der Waals surface area contributed by atoms with Crippen LogP contribution in [-0.2, 0) is 28.5 Å². The molecule has 1 heterocycles. The quantitative estimate of drug-likeness (QED) is 0.153. The smallest absolute Gasteiger partial charge is 0.335 e. The molecule has 0 aromatic rings. The number of ether oxygens (including phenoxy) is 4. The lowest BCUT2D eigenvalue weighted by molar-refractivity contribution is -0.307. The third kappa shape index (κ3) is 6.33. The maximum atomic E-state index is 12.7. The van der Waals surface area contributed by atoms with Crippen LogP contribution in [0.5, 0.6) is 0 Å². The summed E-state index contributed by atoms with van der Waals surface area (Å²) in [6, 6.07) is 0. The predicted octanol–water partition coefficient (Wildman–Crippen LogP) is -0.736. The van der Waals surface area contributed by atoms with E-state index in [1.807, 2.05) is 6.92 Å². The molecule has 0 aromatic heterocycles. The molecule has 39 heavy (non-hydrogen) atoms. The van der Waals surface area contributed by atoms with Crippen molar-refractivity contribution >= 4 is 11.9 Å². The van der Waals surface area contributed by atoms with Gasteiger partial charge in [-0.15, -0.1) is 0 Å². The first kappa shape index (κ1) is 31.9. The van der Waals surface area contributed by atoms with Gasteiger partial charge in [-0.1, -0.05) is 27.4 Å². The van der Waals surface area contributed by atoms with Crippen molar-refractivity contribution in [1.29, 1.82) is 0 Å². The van der Waals surface area contributed by atoms with E-state index in [0.717, 1.165) is 0 Å². The normalized spacial score (nSPS) is 41.4. The molecule has 1 saturated heterocycles. The Hall–Kier alpha value is -1.64. The number of esters is 2. The Morgan fingerprint density at radius 1 is 1.05 bits per heavy atom. The van der Waals surface area contributed by atoms with Gasteiger partial charge in [0, 0.05) is 16.9 Å². The van der Waals surface area contributed by atoms with Gasteiger partial charge in [-0.2, -0.15) is 0 Å². The van der Waals surface area contributed by atoms with Crippen LogP contribution in [0.15, 0.2) is 12.2 Å².